The van der Waals surface area contributed by atoms with Gasteiger partial charge in [-0.25, -0.2) is 0 Å². The van der Waals surface area contributed by atoms with Gasteiger partial charge in [-0.1, -0.05) is 53.0 Å². The number of carbonyl (C=O) groups is 1. The molecule has 7 nitrogen and oxygen atoms in total. The molecule has 3 aromatic rings. The minimum absolute atomic E-state index is 0.144. The summed E-state index contributed by atoms with van der Waals surface area (Å²) in [6.07, 6.45) is -1.11. The van der Waals surface area contributed by atoms with Gasteiger partial charge in [-0.15, -0.1) is 0 Å². The maximum Gasteiger partial charge on any atom is 0.252 e. The lowest BCUT2D eigenvalue weighted by atomic mass is 10.2. The van der Waals surface area contributed by atoms with Crippen molar-refractivity contribution in [1.29, 1.82) is 0 Å². The smallest absolute Gasteiger partial charge is 0.252 e. The van der Waals surface area contributed by atoms with Crippen molar-refractivity contribution in [3.05, 3.63) is 84.4 Å². The summed E-state index contributed by atoms with van der Waals surface area (Å²) in [5.41, 5.74) is 2.45. The third-order valence-corrected chi connectivity index (χ3v) is 5.27. The van der Waals surface area contributed by atoms with Gasteiger partial charge in [0.2, 0.25) is 3.79 Å². The molecule has 0 saturated carbocycles. The van der Waals surface area contributed by atoms with Gasteiger partial charge in [0.15, 0.2) is 5.11 Å². The van der Waals surface area contributed by atoms with E-state index in [0.717, 1.165) is 5.69 Å². The Bertz CT molecular complexity index is 1140. The lowest BCUT2D eigenvalue weighted by molar-refractivity contribution is 0.0934. The topological polar surface area (TPSA) is 87.1 Å². The largest absolute Gasteiger partial charge is 0.497 e. The molecule has 176 valence electrons. The molecule has 0 aromatic heterocycles. The number of azo groups is 1. The Hall–Kier alpha value is -2.91. The second-order valence-electron chi connectivity index (χ2n) is 6.86. The molecule has 0 spiro atoms. The molecule has 3 aromatic carbocycles. The minimum Gasteiger partial charge on any atom is -0.497 e. The number of carbonyl (C=O) groups excluding carboxylic acids is 1. The van der Waals surface area contributed by atoms with Crippen LogP contribution in [0.4, 0.5) is 17.1 Å². The summed E-state index contributed by atoms with van der Waals surface area (Å²) in [5.74, 6) is 0.160. The molecule has 3 rings (SSSR count). The Morgan fingerprint density at radius 3 is 2.03 bits per heavy atom. The van der Waals surface area contributed by atoms with E-state index in [9.17, 15) is 4.79 Å². The van der Waals surface area contributed by atoms with Crippen LogP contribution in [0.1, 0.15) is 10.4 Å². The number of nitrogens with zero attached hydrogens (tertiary/aromatic N) is 2. The highest BCUT2D eigenvalue weighted by molar-refractivity contribution is 7.80. The lowest BCUT2D eigenvalue weighted by Crippen LogP contribution is -2.56. The number of anilines is 1. The quantitative estimate of drug-likeness (QED) is 0.138. The fourth-order valence-corrected chi connectivity index (χ4v) is 3.24. The van der Waals surface area contributed by atoms with Crippen LogP contribution in [-0.2, 0) is 0 Å². The Morgan fingerprint density at radius 2 is 1.47 bits per heavy atom. The van der Waals surface area contributed by atoms with E-state index in [1.165, 1.54) is 7.11 Å². The fraction of sp³-hybridized carbons (Fsp3) is 0.130. The zero-order chi connectivity index (χ0) is 24.6. The maximum atomic E-state index is 12.6. The first-order valence-electron chi connectivity index (χ1n) is 9.90. The third-order valence-electron chi connectivity index (χ3n) is 4.39. The molecule has 11 heteroatoms. The molecule has 0 aliphatic heterocycles. The SMILES string of the molecule is COc1ccc(C(=O)NC(NC(=S)Nc2ccc(N=Nc3ccccc3)cc2)C(Cl)(Cl)Cl)cc1. The van der Waals surface area contributed by atoms with Crippen molar-refractivity contribution in [2.24, 2.45) is 10.2 Å². The predicted molar refractivity (Wildman–Crippen MR) is 141 cm³/mol. The van der Waals surface area contributed by atoms with E-state index in [-0.39, 0.29) is 5.11 Å². The molecular weight excluding hydrogens is 517 g/mol. The van der Waals surface area contributed by atoms with Crippen LogP contribution < -0.4 is 20.7 Å². The van der Waals surface area contributed by atoms with Crippen LogP contribution in [-0.4, -0.2) is 28.1 Å². The molecular formula is C23H20Cl3N5O2S. The molecule has 0 heterocycles. The molecule has 0 saturated heterocycles. The van der Waals surface area contributed by atoms with Crippen LogP contribution in [0.5, 0.6) is 5.75 Å². The summed E-state index contributed by atoms with van der Waals surface area (Å²) in [7, 11) is 1.54. The van der Waals surface area contributed by atoms with E-state index < -0.39 is 15.9 Å². The number of hydrogen-bond acceptors (Lipinski definition) is 5. The van der Waals surface area contributed by atoms with Crippen LogP contribution in [0.25, 0.3) is 0 Å². The van der Waals surface area contributed by atoms with E-state index in [4.69, 9.17) is 51.8 Å². The maximum absolute atomic E-state index is 12.6. The lowest BCUT2D eigenvalue weighted by Gasteiger charge is -2.27. The summed E-state index contributed by atoms with van der Waals surface area (Å²) >= 11 is 23.5. The number of hydrogen-bond donors (Lipinski definition) is 3. The average molecular weight is 537 g/mol. The van der Waals surface area contributed by atoms with Gasteiger partial charge in [0, 0.05) is 11.3 Å². The number of amides is 1. The third kappa shape index (κ3) is 7.85. The van der Waals surface area contributed by atoms with E-state index in [0.29, 0.717) is 22.7 Å². The zero-order valence-electron chi connectivity index (χ0n) is 17.8. The van der Waals surface area contributed by atoms with Gasteiger partial charge in [-0.3, -0.25) is 4.79 Å². The first-order valence-corrected chi connectivity index (χ1v) is 11.4. The van der Waals surface area contributed by atoms with Gasteiger partial charge in [0.05, 0.1) is 18.5 Å². The van der Waals surface area contributed by atoms with E-state index >= 15 is 0 Å². The highest BCUT2D eigenvalue weighted by atomic mass is 35.6. The molecule has 0 aliphatic rings. The van der Waals surface area contributed by atoms with Crippen molar-refractivity contribution in [2.75, 3.05) is 12.4 Å². The van der Waals surface area contributed by atoms with Crippen LogP contribution in [0.3, 0.4) is 0 Å². The van der Waals surface area contributed by atoms with E-state index in [2.05, 4.69) is 26.2 Å². The first-order chi connectivity index (χ1) is 16.2. The summed E-state index contributed by atoms with van der Waals surface area (Å²) in [4.78, 5) is 12.6. The molecule has 0 bridgehead atoms. The molecule has 1 atom stereocenters. The van der Waals surface area contributed by atoms with Gasteiger partial charge >= 0.3 is 0 Å². The van der Waals surface area contributed by atoms with Crippen molar-refractivity contribution in [3.63, 3.8) is 0 Å². The molecule has 0 radical (unpaired) electrons. The summed E-state index contributed by atoms with van der Waals surface area (Å²) in [6.45, 7) is 0. The Balaban J connectivity index is 1.59. The van der Waals surface area contributed by atoms with Crippen LogP contribution in [0, 0.1) is 0 Å². The first kappa shape index (κ1) is 25.7. The number of rotatable bonds is 7. The van der Waals surface area contributed by atoms with Crippen molar-refractivity contribution < 1.29 is 9.53 Å². The summed E-state index contributed by atoms with van der Waals surface area (Å²) < 4.78 is 3.21. The number of nitrogens with one attached hydrogen (secondary N) is 3. The normalized spacial score (nSPS) is 12.1. The van der Waals surface area contributed by atoms with Gasteiger partial charge in [-0.2, -0.15) is 10.2 Å². The van der Waals surface area contributed by atoms with E-state index in [1.807, 2.05) is 30.3 Å². The number of methoxy groups -OCH3 is 1. The second-order valence-corrected chi connectivity index (χ2v) is 9.63. The highest BCUT2D eigenvalue weighted by Crippen LogP contribution is 2.29. The van der Waals surface area contributed by atoms with Gasteiger partial charge in [0.25, 0.3) is 5.91 Å². The minimum atomic E-state index is -1.88. The van der Waals surface area contributed by atoms with E-state index in [1.54, 1.807) is 48.5 Å². The average Bonchev–Trinajstić information content (AvgIpc) is 2.83. The van der Waals surface area contributed by atoms with Crippen molar-refractivity contribution in [3.8, 4) is 5.75 Å². The Labute approximate surface area is 217 Å². The predicted octanol–water partition coefficient (Wildman–Crippen LogP) is 6.52. The van der Waals surface area contributed by atoms with Crippen LogP contribution >= 0.6 is 47.0 Å². The summed E-state index contributed by atoms with van der Waals surface area (Å²) in [5, 5.41) is 16.9. The number of halogens is 3. The number of thiocarbonyl (C=S) groups is 1. The monoisotopic (exact) mass is 535 g/mol. The molecule has 3 N–H and O–H groups in total. The van der Waals surface area contributed by atoms with Crippen molar-refractivity contribution >= 4 is 75.1 Å². The zero-order valence-corrected chi connectivity index (χ0v) is 20.9. The van der Waals surface area contributed by atoms with Crippen LogP contribution in [0.15, 0.2) is 89.1 Å². The van der Waals surface area contributed by atoms with Crippen LogP contribution in [0.2, 0.25) is 0 Å². The highest BCUT2D eigenvalue weighted by Gasteiger charge is 2.34. The fourth-order valence-electron chi connectivity index (χ4n) is 2.68. The Morgan fingerprint density at radius 1 is 0.882 bits per heavy atom. The number of benzene rings is 3. The van der Waals surface area contributed by atoms with Crippen molar-refractivity contribution in [2.45, 2.75) is 9.96 Å². The molecule has 0 fully saturated rings. The molecule has 1 unspecified atom stereocenters. The van der Waals surface area contributed by atoms with Gasteiger partial charge in [-0.05, 0) is 72.9 Å². The number of alkyl halides is 3. The Kier molecular flexibility index (Phi) is 9.06. The van der Waals surface area contributed by atoms with Gasteiger partial charge in [0.1, 0.15) is 11.9 Å². The molecule has 1 amide bonds. The molecule has 34 heavy (non-hydrogen) atoms. The molecule has 0 aliphatic carbocycles. The van der Waals surface area contributed by atoms with Gasteiger partial charge < -0.3 is 20.7 Å². The standard InChI is InChI=1S/C23H20Cl3N5O2S/c1-33-19-13-7-15(8-14-19)20(32)28-21(23(24,25)26)29-22(34)27-16-9-11-18(12-10-16)31-30-17-5-3-2-4-6-17/h2-14,21H,1H3,(H,28,32)(H2,27,29,34). The van der Waals surface area contributed by atoms with Crippen molar-refractivity contribution in [1.82, 2.24) is 10.6 Å². The summed E-state index contributed by atoms with van der Waals surface area (Å²) in [6, 6.07) is 23.0. The number of ether oxygens (including phenoxy) is 1. The second kappa shape index (κ2) is 12.0.